The van der Waals surface area contributed by atoms with Crippen molar-refractivity contribution in [2.45, 2.75) is 12.2 Å². The summed E-state index contributed by atoms with van der Waals surface area (Å²) in [4.78, 5) is 5.85. The normalized spacial score (nSPS) is 22.6. The molecule has 3 heterocycles. The van der Waals surface area contributed by atoms with Gasteiger partial charge >= 0.3 is 0 Å². The van der Waals surface area contributed by atoms with E-state index < -0.39 is 11.6 Å². The molecule has 0 saturated carbocycles. The van der Waals surface area contributed by atoms with E-state index in [1.54, 1.807) is 0 Å². The van der Waals surface area contributed by atoms with Gasteiger partial charge in [0.1, 0.15) is 0 Å². The Morgan fingerprint density at radius 3 is 2.88 bits per heavy atom. The topological polar surface area (TPSA) is 34.6 Å². The molecule has 92 valence electrons. The number of anilines is 1. The van der Waals surface area contributed by atoms with Crippen LogP contribution in [0.5, 0.6) is 0 Å². The predicted octanol–water partition coefficient (Wildman–Crippen LogP) is 1.83. The fourth-order valence-corrected chi connectivity index (χ4v) is 2.45. The van der Waals surface area contributed by atoms with Crippen LogP contribution in [0.4, 0.5) is 10.2 Å². The van der Waals surface area contributed by atoms with Crippen molar-refractivity contribution < 1.29 is 13.9 Å². The quantitative estimate of drug-likeness (QED) is 0.770. The summed E-state index contributed by atoms with van der Waals surface area (Å²) >= 11 is 5.67. The molecular formula is C11H12ClFN2O2. The summed E-state index contributed by atoms with van der Waals surface area (Å²) in [6.45, 7) is 2.39. The molecule has 2 saturated heterocycles. The van der Waals surface area contributed by atoms with Crippen LogP contribution in [0.15, 0.2) is 12.3 Å². The Morgan fingerprint density at radius 1 is 1.41 bits per heavy atom. The van der Waals surface area contributed by atoms with Crippen LogP contribution in [-0.4, -0.2) is 37.1 Å². The van der Waals surface area contributed by atoms with E-state index >= 15 is 0 Å². The highest BCUT2D eigenvalue weighted by atomic mass is 35.5. The Morgan fingerprint density at radius 2 is 2.18 bits per heavy atom. The second-order valence-electron chi connectivity index (χ2n) is 4.24. The minimum atomic E-state index is -0.562. The van der Waals surface area contributed by atoms with Crippen molar-refractivity contribution in [1.29, 1.82) is 0 Å². The molecule has 17 heavy (non-hydrogen) atoms. The second-order valence-corrected chi connectivity index (χ2v) is 4.67. The summed E-state index contributed by atoms with van der Waals surface area (Å²) in [5.41, 5.74) is 0. The predicted molar refractivity (Wildman–Crippen MR) is 60.7 cm³/mol. The van der Waals surface area contributed by atoms with Crippen LogP contribution in [0.25, 0.3) is 0 Å². The van der Waals surface area contributed by atoms with Gasteiger partial charge in [-0.1, -0.05) is 11.6 Å². The molecule has 0 aliphatic carbocycles. The zero-order valence-corrected chi connectivity index (χ0v) is 9.91. The molecule has 0 bridgehead atoms. The van der Waals surface area contributed by atoms with Gasteiger partial charge in [-0.05, 0) is 6.07 Å². The minimum absolute atomic E-state index is 0.300. The molecule has 0 unspecified atom stereocenters. The molecule has 3 rings (SSSR count). The van der Waals surface area contributed by atoms with Crippen LogP contribution in [-0.2, 0) is 9.47 Å². The average molecular weight is 259 g/mol. The van der Waals surface area contributed by atoms with Gasteiger partial charge < -0.3 is 14.4 Å². The summed E-state index contributed by atoms with van der Waals surface area (Å²) < 4.78 is 24.9. The van der Waals surface area contributed by atoms with Crippen LogP contribution in [0.2, 0.25) is 5.02 Å². The summed E-state index contributed by atoms with van der Waals surface area (Å²) in [6.07, 6.45) is 2.18. The average Bonchev–Trinajstić information content (AvgIpc) is 2.90. The Kier molecular flexibility index (Phi) is 2.69. The first kappa shape index (κ1) is 11.2. The third kappa shape index (κ3) is 1.99. The lowest BCUT2D eigenvalue weighted by atomic mass is 10.2. The van der Waals surface area contributed by atoms with E-state index in [1.807, 2.05) is 4.90 Å². The van der Waals surface area contributed by atoms with Crippen molar-refractivity contribution in [3.05, 3.63) is 23.1 Å². The van der Waals surface area contributed by atoms with Crippen LogP contribution >= 0.6 is 11.6 Å². The zero-order chi connectivity index (χ0) is 11.9. The van der Waals surface area contributed by atoms with E-state index in [0.29, 0.717) is 37.1 Å². The molecule has 0 atom stereocenters. The van der Waals surface area contributed by atoms with Gasteiger partial charge in [0.25, 0.3) is 0 Å². The molecule has 1 aromatic rings. The lowest BCUT2D eigenvalue weighted by Crippen LogP contribution is -2.34. The molecule has 1 aromatic heterocycles. The number of rotatable bonds is 1. The molecule has 6 heteroatoms. The molecule has 0 N–H and O–H groups in total. The Labute approximate surface area is 103 Å². The van der Waals surface area contributed by atoms with Gasteiger partial charge in [-0.15, -0.1) is 0 Å². The van der Waals surface area contributed by atoms with Crippen LogP contribution in [0.1, 0.15) is 6.42 Å². The SMILES string of the molecule is Fc1cc(Cl)cnc1N1CCC2(C1)OCCO2. The van der Waals surface area contributed by atoms with Crippen molar-refractivity contribution in [2.24, 2.45) is 0 Å². The third-order valence-corrected chi connectivity index (χ3v) is 3.30. The standard InChI is InChI=1S/C11H12ClFN2O2/c12-8-5-9(13)10(14-6-8)15-2-1-11(7-15)16-3-4-17-11/h5-6H,1-4,7H2. The van der Waals surface area contributed by atoms with Crippen molar-refractivity contribution in [1.82, 2.24) is 4.98 Å². The first-order valence-electron chi connectivity index (χ1n) is 5.52. The summed E-state index contributed by atoms with van der Waals surface area (Å²) in [7, 11) is 0. The van der Waals surface area contributed by atoms with Gasteiger partial charge in [0.2, 0.25) is 0 Å². The largest absolute Gasteiger partial charge is 0.349 e. The van der Waals surface area contributed by atoms with Crippen molar-refractivity contribution in [2.75, 3.05) is 31.2 Å². The Hall–Kier alpha value is -0.910. The first-order valence-corrected chi connectivity index (χ1v) is 5.90. The van der Waals surface area contributed by atoms with Gasteiger partial charge in [0.15, 0.2) is 17.4 Å². The van der Waals surface area contributed by atoms with E-state index in [-0.39, 0.29) is 0 Å². The maximum atomic E-state index is 13.7. The number of ether oxygens (including phenoxy) is 2. The number of nitrogens with zero attached hydrogens (tertiary/aromatic N) is 2. The van der Waals surface area contributed by atoms with Crippen LogP contribution in [0, 0.1) is 5.82 Å². The summed E-state index contributed by atoms with van der Waals surface area (Å²) in [6, 6.07) is 1.27. The summed E-state index contributed by atoms with van der Waals surface area (Å²) in [5, 5.41) is 0.300. The first-order chi connectivity index (χ1) is 8.19. The fourth-order valence-electron chi connectivity index (χ4n) is 2.31. The van der Waals surface area contributed by atoms with Crippen LogP contribution < -0.4 is 4.90 Å². The van der Waals surface area contributed by atoms with Crippen molar-refractivity contribution in [3.8, 4) is 0 Å². The molecule has 0 radical (unpaired) electrons. The van der Waals surface area contributed by atoms with E-state index in [2.05, 4.69) is 4.98 Å². The maximum Gasteiger partial charge on any atom is 0.187 e. The Bertz CT molecular complexity index is 437. The van der Waals surface area contributed by atoms with E-state index in [9.17, 15) is 4.39 Å². The Balaban J connectivity index is 1.82. The zero-order valence-electron chi connectivity index (χ0n) is 9.16. The molecule has 0 aromatic carbocycles. The smallest absolute Gasteiger partial charge is 0.187 e. The lowest BCUT2D eigenvalue weighted by molar-refractivity contribution is -0.137. The number of hydrogen-bond donors (Lipinski definition) is 0. The molecule has 0 amide bonds. The number of hydrogen-bond acceptors (Lipinski definition) is 4. The van der Waals surface area contributed by atoms with Crippen LogP contribution in [0.3, 0.4) is 0 Å². The summed E-state index contributed by atoms with van der Waals surface area (Å²) in [5.74, 6) is -0.661. The lowest BCUT2D eigenvalue weighted by Gasteiger charge is -2.23. The molecule has 2 aliphatic heterocycles. The maximum absolute atomic E-state index is 13.7. The van der Waals surface area contributed by atoms with E-state index in [1.165, 1.54) is 12.3 Å². The van der Waals surface area contributed by atoms with Crippen molar-refractivity contribution >= 4 is 17.4 Å². The highest BCUT2D eigenvalue weighted by Crippen LogP contribution is 2.33. The monoisotopic (exact) mass is 258 g/mol. The molecular weight excluding hydrogens is 247 g/mol. The number of pyridine rings is 1. The van der Waals surface area contributed by atoms with Gasteiger partial charge in [0.05, 0.1) is 24.8 Å². The second kappa shape index (κ2) is 4.08. The minimum Gasteiger partial charge on any atom is -0.349 e. The third-order valence-electron chi connectivity index (χ3n) is 3.10. The molecule has 4 nitrogen and oxygen atoms in total. The molecule has 1 spiro atoms. The van der Waals surface area contributed by atoms with Crippen molar-refractivity contribution in [3.63, 3.8) is 0 Å². The molecule has 2 fully saturated rings. The van der Waals surface area contributed by atoms with Gasteiger partial charge in [0, 0.05) is 19.2 Å². The van der Waals surface area contributed by atoms with Gasteiger partial charge in [-0.2, -0.15) is 0 Å². The highest BCUT2D eigenvalue weighted by Gasteiger charge is 2.44. The van der Waals surface area contributed by atoms with E-state index in [0.717, 1.165) is 6.42 Å². The highest BCUT2D eigenvalue weighted by molar-refractivity contribution is 6.30. The fraction of sp³-hybridized carbons (Fsp3) is 0.545. The number of halogens is 2. The van der Waals surface area contributed by atoms with Gasteiger partial charge in [-0.3, -0.25) is 0 Å². The molecule has 2 aliphatic rings. The van der Waals surface area contributed by atoms with Gasteiger partial charge in [-0.25, -0.2) is 9.37 Å². The van der Waals surface area contributed by atoms with E-state index in [4.69, 9.17) is 21.1 Å². The number of aromatic nitrogens is 1.